The van der Waals surface area contributed by atoms with Crippen LogP contribution in [0, 0.1) is 0 Å². The smallest absolute Gasteiger partial charge is 0.328 e. The number of nitrogens with two attached hydrogens (primary N) is 1. The van der Waals surface area contributed by atoms with E-state index in [4.69, 9.17) is 21.1 Å². The van der Waals surface area contributed by atoms with Gasteiger partial charge < -0.3 is 36.4 Å². The Kier molecular flexibility index (Phi) is 17.4. The van der Waals surface area contributed by atoms with Crippen molar-refractivity contribution in [2.45, 2.75) is 51.2 Å². The standard InChI is InChI=1S/C7H13NO3S.C6H9NO3.C4H9NO3/c1-5(9)8-6(7(10)11)3-4-12-2;1-4(8)7-5-2-3-10-6(5)9;5-3(1-2-6)4(7)8/h6H,3-4H2,1-2H3,(H,8,9)(H,10,11);5H,2-3H2,1H3,(H,7,8);3,6H,1-2,5H2,(H,7,8). The van der Waals surface area contributed by atoms with Crippen LogP contribution >= 0.6 is 11.8 Å². The molecular weight excluding hydrogens is 422 g/mol. The van der Waals surface area contributed by atoms with E-state index in [-0.39, 0.29) is 30.8 Å². The molecule has 2 amide bonds. The first-order valence-corrected chi connectivity index (χ1v) is 10.4. The monoisotopic (exact) mass is 453 g/mol. The topological polar surface area (TPSA) is 205 Å². The van der Waals surface area contributed by atoms with Gasteiger partial charge in [-0.1, -0.05) is 0 Å². The van der Waals surface area contributed by atoms with Gasteiger partial charge in [-0.2, -0.15) is 11.8 Å². The van der Waals surface area contributed by atoms with Gasteiger partial charge in [0.15, 0.2) is 0 Å². The van der Waals surface area contributed by atoms with E-state index in [2.05, 4.69) is 15.4 Å². The van der Waals surface area contributed by atoms with Crippen molar-refractivity contribution < 1.29 is 44.0 Å². The number of esters is 1. The Hall–Kier alpha value is -2.38. The van der Waals surface area contributed by atoms with E-state index < -0.39 is 30.1 Å². The van der Waals surface area contributed by atoms with E-state index in [1.165, 1.54) is 13.8 Å². The summed E-state index contributed by atoms with van der Waals surface area (Å²) in [5.41, 5.74) is 4.97. The van der Waals surface area contributed by atoms with Gasteiger partial charge in [-0.3, -0.25) is 14.4 Å². The normalized spacial score (nSPS) is 16.4. The summed E-state index contributed by atoms with van der Waals surface area (Å²) < 4.78 is 4.61. The second kappa shape index (κ2) is 17.5. The number of rotatable bonds is 9. The van der Waals surface area contributed by atoms with Gasteiger partial charge in [0, 0.05) is 26.9 Å². The fourth-order valence-electron chi connectivity index (χ4n) is 1.87. The quantitative estimate of drug-likeness (QED) is 0.223. The molecule has 1 heterocycles. The number of carbonyl (C=O) groups excluding carboxylic acids is 3. The van der Waals surface area contributed by atoms with Gasteiger partial charge in [0.1, 0.15) is 18.1 Å². The Morgan fingerprint density at radius 1 is 1.17 bits per heavy atom. The maximum absolute atomic E-state index is 10.7. The highest BCUT2D eigenvalue weighted by Crippen LogP contribution is 2.04. The zero-order valence-electron chi connectivity index (χ0n) is 17.3. The Morgan fingerprint density at radius 3 is 2.07 bits per heavy atom. The lowest BCUT2D eigenvalue weighted by molar-refractivity contribution is -0.141. The summed E-state index contributed by atoms with van der Waals surface area (Å²) in [6.07, 6.45) is 3.08. The summed E-state index contributed by atoms with van der Waals surface area (Å²) in [6.45, 7) is 2.94. The van der Waals surface area contributed by atoms with Crippen LogP contribution in [0.1, 0.15) is 33.1 Å². The summed E-state index contributed by atoms with van der Waals surface area (Å²) in [4.78, 5) is 52.0. The van der Waals surface area contributed by atoms with Crippen molar-refractivity contribution in [1.82, 2.24) is 10.6 Å². The number of hydrogen-bond acceptors (Lipinski definition) is 9. The number of thioether (sulfide) groups is 1. The lowest BCUT2D eigenvalue weighted by Crippen LogP contribution is -2.39. The molecule has 7 N–H and O–H groups in total. The van der Waals surface area contributed by atoms with Crippen molar-refractivity contribution in [2.75, 3.05) is 25.2 Å². The van der Waals surface area contributed by atoms with Crippen molar-refractivity contribution in [1.29, 1.82) is 0 Å². The third-order valence-electron chi connectivity index (χ3n) is 3.36. The van der Waals surface area contributed by atoms with E-state index in [0.29, 0.717) is 19.4 Å². The number of aliphatic hydroxyl groups excluding tert-OH is 1. The number of carbonyl (C=O) groups is 5. The number of carboxylic acid groups (broad SMARTS) is 2. The van der Waals surface area contributed by atoms with E-state index in [9.17, 15) is 24.0 Å². The van der Waals surface area contributed by atoms with Crippen LogP contribution in [0.15, 0.2) is 0 Å². The first kappa shape index (κ1) is 29.8. The molecule has 0 saturated carbocycles. The molecular formula is C17H31N3O9S. The van der Waals surface area contributed by atoms with E-state index in [1.54, 1.807) is 11.8 Å². The fraction of sp³-hybridized carbons (Fsp3) is 0.706. The van der Waals surface area contributed by atoms with Gasteiger partial charge >= 0.3 is 17.9 Å². The minimum Gasteiger partial charge on any atom is -0.480 e. The van der Waals surface area contributed by atoms with Crippen LogP contribution in [0.2, 0.25) is 0 Å². The largest absolute Gasteiger partial charge is 0.480 e. The van der Waals surface area contributed by atoms with Crippen LogP contribution < -0.4 is 16.4 Å². The third-order valence-corrected chi connectivity index (χ3v) is 4.00. The Labute approximate surface area is 178 Å². The first-order valence-electron chi connectivity index (χ1n) is 8.98. The lowest BCUT2D eigenvalue weighted by atomic mass is 10.2. The number of carboxylic acids is 2. The summed E-state index contributed by atoms with van der Waals surface area (Å²) in [6, 6.07) is -2.06. The van der Waals surface area contributed by atoms with Crippen LogP contribution in [-0.2, 0) is 28.7 Å². The molecule has 0 radical (unpaired) electrons. The highest BCUT2D eigenvalue weighted by molar-refractivity contribution is 7.98. The summed E-state index contributed by atoms with van der Waals surface area (Å²) in [7, 11) is 0. The number of cyclic esters (lactones) is 1. The Morgan fingerprint density at radius 2 is 1.77 bits per heavy atom. The van der Waals surface area contributed by atoms with Gasteiger partial charge in [0.25, 0.3) is 0 Å². The molecule has 3 unspecified atom stereocenters. The zero-order chi connectivity index (χ0) is 23.7. The number of aliphatic hydroxyl groups is 1. The van der Waals surface area contributed by atoms with E-state index >= 15 is 0 Å². The van der Waals surface area contributed by atoms with Gasteiger partial charge in [0.2, 0.25) is 11.8 Å². The summed E-state index contributed by atoms with van der Waals surface area (Å²) in [5.74, 6) is -2.13. The van der Waals surface area contributed by atoms with Crippen LogP contribution in [0.3, 0.4) is 0 Å². The maximum atomic E-state index is 10.7. The summed E-state index contributed by atoms with van der Waals surface area (Å²) in [5, 5.41) is 29.7. The molecule has 3 atom stereocenters. The van der Waals surface area contributed by atoms with Crippen LogP contribution in [-0.4, -0.2) is 88.4 Å². The molecule has 1 saturated heterocycles. The molecule has 1 aliphatic rings. The molecule has 0 aromatic heterocycles. The minimum atomic E-state index is -1.07. The van der Waals surface area contributed by atoms with Crippen LogP contribution in [0.25, 0.3) is 0 Å². The maximum Gasteiger partial charge on any atom is 0.328 e. The second-order valence-electron chi connectivity index (χ2n) is 6.04. The van der Waals surface area contributed by atoms with Gasteiger partial charge in [-0.25, -0.2) is 9.59 Å². The van der Waals surface area contributed by atoms with Crippen molar-refractivity contribution in [3.05, 3.63) is 0 Å². The molecule has 12 nitrogen and oxygen atoms in total. The molecule has 0 aromatic carbocycles. The van der Waals surface area contributed by atoms with Crippen molar-refractivity contribution in [3.8, 4) is 0 Å². The minimum absolute atomic E-state index is 0.120. The Balaban J connectivity index is 0. The molecule has 1 aliphatic heterocycles. The second-order valence-corrected chi connectivity index (χ2v) is 7.02. The highest BCUT2D eigenvalue weighted by Gasteiger charge is 2.26. The average molecular weight is 454 g/mol. The SMILES string of the molecule is CC(=O)NC1CCOC1=O.CSCCC(NC(C)=O)C(=O)O.NC(CCO)C(=O)O. The number of ether oxygens (including phenoxy) is 1. The average Bonchev–Trinajstić information content (AvgIpc) is 3.03. The molecule has 174 valence electrons. The first-order chi connectivity index (χ1) is 14.0. The predicted molar refractivity (Wildman–Crippen MR) is 109 cm³/mol. The van der Waals surface area contributed by atoms with Crippen molar-refractivity contribution >= 4 is 41.5 Å². The van der Waals surface area contributed by atoms with Gasteiger partial charge in [-0.05, 0) is 24.9 Å². The molecule has 0 aromatic rings. The number of nitrogens with one attached hydrogen (secondary N) is 2. The van der Waals surface area contributed by atoms with E-state index in [1.807, 2.05) is 6.26 Å². The Bertz CT molecular complexity index is 575. The van der Waals surface area contributed by atoms with Gasteiger partial charge in [-0.15, -0.1) is 0 Å². The summed E-state index contributed by atoms with van der Waals surface area (Å²) >= 11 is 1.56. The third kappa shape index (κ3) is 16.6. The number of amides is 2. The molecule has 0 bridgehead atoms. The van der Waals surface area contributed by atoms with Crippen molar-refractivity contribution in [2.24, 2.45) is 5.73 Å². The molecule has 30 heavy (non-hydrogen) atoms. The predicted octanol–water partition coefficient (Wildman–Crippen LogP) is -1.45. The molecule has 1 rings (SSSR count). The van der Waals surface area contributed by atoms with Crippen molar-refractivity contribution in [3.63, 3.8) is 0 Å². The number of hydrogen-bond donors (Lipinski definition) is 6. The molecule has 0 spiro atoms. The molecule has 1 fully saturated rings. The molecule has 13 heteroatoms. The lowest BCUT2D eigenvalue weighted by Gasteiger charge is -2.11. The highest BCUT2D eigenvalue weighted by atomic mass is 32.2. The number of aliphatic carboxylic acids is 2. The molecule has 0 aliphatic carbocycles. The fourth-order valence-corrected chi connectivity index (χ4v) is 2.34. The zero-order valence-corrected chi connectivity index (χ0v) is 18.1. The van der Waals surface area contributed by atoms with Crippen LogP contribution in [0.4, 0.5) is 0 Å². The van der Waals surface area contributed by atoms with E-state index in [0.717, 1.165) is 5.75 Å². The van der Waals surface area contributed by atoms with Gasteiger partial charge in [0.05, 0.1) is 6.61 Å². The van der Waals surface area contributed by atoms with Crippen LogP contribution in [0.5, 0.6) is 0 Å².